The monoisotopic (exact) mass is 419 g/mol. The zero-order chi connectivity index (χ0) is 22.1. The molecule has 2 heterocycles. The number of anilines is 1. The summed E-state index contributed by atoms with van der Waals surface area (Å²) in [7, 11) is 3.02. The lowest BCUT2D eigenvalue weighted by atomic mass is 9.85. The predicted octanol–water partition coefficient (Wildman–Crippen LogP) is 4.07. The highest BCUT2D eigenvalue weighted by Crippen LogP contribution is 2.41. The molecular formula is C24H25N3O4. The van der Waals surface area contributed by atoms with E-state index in [1.807, 2.05) is 31.2 Å². The highest BCUT2D eigenvalue weighted by Gasteiger charge is 2.38. The van der Waals surface area contributed by atoms with E-state index in [1.165, 1.54) is 14.2 Å². The Morgan fingerprint density at radius 3 is 2.48 bits per heavy atom. The third-order valence-electron chi connectivity index (χ3n) is 5.66. The van der Waals surface area contributed by atoms with E-state index in [0.29, 0.717) is 28.6 Å². The second-order valence-corrected chi connectivity index (χ2v) is 7.49. The van der Waals surface area contributed by atoms with E-state index in [2.05, 4.69) is 17.3 Å². The smallest absolute Gasteiger partial charge is 0.226 e. The first-order valence-corrected chi connectivity index (χ1v) is 10.2. The summed E-state index contributed by atoms with van der Waals surface area (Å²) in [6, 6.07) is 13.2. The molecule has 4 rings (SSSR count). The van der Waals surface area contributed by atoms with Crippen molar-refractivity contribution in [2.75, 3.05) is 19.5 Å². The van der Waals surface area contributed by atoms with Gasteiger partial charge in [0, 0.05) is 12.0 Å². The lowest BCUT2D eigenvalue weighted by molar-refractivity contribution is -0.116. The van der Waals surface area contributed by atoms with Crippen LogP contribution >= 0.6 is 0 Å². The molecule has 7 heteroatoms. The van der Waals surface area contributed by atoms with Gasteiger partial charge in [0.2, 0.25) is 5.91 Å². The largest absolute Gasteiger partial charge is 0.496 e. The van der Waals surface area contributed by atoms with Gasteiger partial charge in [-0.1, -0.05) is 25.1 Å². The van der Waals surface area contributed by atoms with Gasteiger partial charge in [0.05, 0.1) is 31.5 Å². The van der Waals surface area contributed by atoms with E-state index in [1.54, 1.807) is 22.9 Å². The minimum Gasteiger partial charge on any atom is -0.496 e. The molecule has 1 aromatic heterocycles. The van der Waals surface area contributed by atoms with Crippen LogP contribution in [0.2, 0.25) is 0 Å². The van der Waals surface area contributed by atoms with E-state index in [9.17, 15) is 9.59 Å². The molecule has 1 atom stereocenters. The Bertz CT molecular complexity index is 1140. The molecule has 0 saturated carbocycles. The molecule has 1 aliphatic heterocycles. The molecule has 0 bridgehead atoms. The maximum absolute atomic E-state index is 13.7. The highest BCUT2D eigenvalue weighted by molar-refractivity contribution is 6.10. The molecule has 7 nitrogen and oxygen atoms in total. The number of nitrogens with one attached hydrogen (secondary N) is 1. The fourth-order valence-corrected chi connectivity index (χ4v) is 4.13. The Morgan fingerprint density at radius 2 is 1.84 bits per heavy atom. The third kappa shape index (κ3) is 3.56. The van der Waals surface area contributed by atoms with Crippen molar-refractivity contribution in [2.45, 2.75) is 32.6 Å². The van der Waals surface area contributed by atoms with Crippen molar-refractivity contribution < 1.29 is 19.1 Å². The van der Waals surface area contributed by atoms with Gasteiger partial charge in [-0.25, -0.2) is 4.68 Å². The number of carbonyl (C=O) groups excluding carboxylic acids is 2. The van der Waals surface area contributed by atoms with Crippen molar-refractivity contribution >= 4 is 17.5 Å². The summed E-state index contributed by atoms with van der Waals surface area (Å²) in [5.74, 6) is 0.226. The van der Waals surface area contributed by atoms with Gasteiger partial charge in [-0.05, 0) is 43.2 Å². The summed E-state index contributed by atoms with van der Waals surface area (Å²) in [6.07, 6.45) is 0.923. The lowest BCUT2D eigenvalue weighted by Gasteiger charge is -2.24. The van der Waals surface area contributed by atoms with Crippen molar-refractivity contribution in [3.05, 3.63) is 64.8 Å². The van der Waals surface area contributed by atoms with Gasteiger partial charge < -0.3 is 14.8 Å². The molecule has 1 amide bonds. The van der Waals surface area contributed by atoms with Crippen LogP contribution in [0.25, 0.3) is 5.69 Å². The Balaban J connectivity index is 1.85. The van der Waals surface area contributed by atoms with E-state index >= 15 is 0 Å². The molecule has 0 fully saturated rings. The average Bonchev–Trinajstić information content (AvgIpc) is 3.13. The first-order chi connectivity index (χ1) is 15.0. The standard InChI is InChI=1S/C24H25N3O4/c1-5-15-8-6-9-16(12-15)27-24-21(14(2)26-27)17(13-20(28)25-24)23(29)22-18(30-3)10-7-11-19(22)31-4/h6-12,17H,5,13H2,1-4H3,(H,25,28). The van der Waals surface area contributed by atoms with Crippen molar-refractivity contribution in [1.29, 1.82) is 0 Å². The van der Waals surface area contributed by atoms with Gasteiger partial charge in [0.25, 0.3) is 0 Å². The number of fused-ring (bicyclic) bond motifs is 1. The Hall–Kier alpha value is -3.61. The van der Waals surface area contributed by atoms with Crippen molar-refractivity contribution in [1.82, 2.24) is 9.78 Å². The van der Waals surface area contributed by atoms with E-state index in [-0.39, 0.29) is 18.1 Å². The predicted molar refractivity (Wildman–Crippen MR) is 118 cm³/mol. The van der Waals surface area contributed by atoms with Crippen LogP contribution in [0.4, 0.5) is 5.82 Å². The van der Waals surface area contributed by atoms with Crippen molar-refractivity contribution in [2.24, 2.45) is 0 Å². The Kier molecular flexibility index (Phi) is 5.50. The van der Waals surface area contributed by atoms with E-state index in [4.69, 9.17) is 9.47 Å². The van der Waals surface area contributed by atoms with Gasteiger partial charge in [-0.2, -0.15) is 5.10 Å². The van der Waals surface area contributed by atoms with Gasteiger partial charge >= 0.3 is 0 Å². The third-order valence-corrected chi connectivity index (χ3v) is 5.66. The lowest BCUT2D eigenvalue weighted by Crippen LogP contribution is -2.29. The van der Waals surface area contributed by atoms with Gasteiger partial charge in [-0.3, -0.25) is 9.59 Å². The minimum atomic E-state index is -0.683. The molecule has 1 unspecified atom stereocenters. The Labute approximate surface area is 181 Å². The quantitative estimate of drug-likeness (QED) is 0.609. The summed E-state index contributed by atoms with van der Waals surface area (Å²) in [5.41, 5.74) is 3.75. The number of methoxy groups -OCH3 is 2. The number of carbonyl (C=O) groups is 2. The van der Waals surface area contributed by atoms with Crippen LogP contribution in [0, 0.1) is 6.92 Å². The molecule has 0 spiro atoms. The average molecular weight is 419 g/mol. The SMILES string of the molecule is CCc1cccc(-n2nc(C)c3c2NC(=O)CC3C(=O)c2c(OC)cccc2OC)c1. The number of aromatic nitrogens is 2. The van der Waals surface area contributed by atoms with Crippen molar-refractivity contribution in [3.8, 4) is 17.2 Å². The summed E-state index contributed by atoms with van der Waals surface area (Å²) in [4.78, 5) is 26.3. The topological polar surface area (TPSA) is 82.5 Å². The number of benzene rings is 2. The molecule has 160 valence electrons. The van der Waals surface area contributed by atoms with Crippen LogP contribution in [0.15, 0.2) is 42.5 Å². The molecular weight excluding hydrogens is 394 g/mol. The Morgan fingerprint density at radius 1 is 1.16 bits per heavy atom. The second-order valence-electron chi connectivity index (χ2n) is 7.49. The number of rotatable bonds is 6. The molecule has 1 N–H and O–H groups in total. The van der Waals surface area contributed by atoms with Gasteiger partial charge in [0.15, 0.2) is 5.78 Å². The number of ketones is 1. The number of amides is 1. The molecule has 31 heavy (non-hydrogen) atoms. The summed E-state index contributed by atoms with van der Waals surface area (Å²) in [6.45, 7) is 3.94. The van der Waals surface area contributed by atoms with E-state index in [0.717, 1.165) is 23.2 Å². The van der Waals surface area contributed by atoms with Crippen LogP contribution in [-0.4, -0.2) is 35.7 Å². The van der Waals surface area contributed by atoms with Crippen LogP contribution in [-0.2, 0) is 11.2 Å². The molecule has 3 aromatic rings. The number of aryl methyl sites for hydroxylation is 2. The summed E-state index contributed by atoms with van der Waals surface area (Å²) >= 11 is 0. The number of nitrogens with zero attached hydrogens (tertiary/aromatic N) is 2. The molecule has 0 saturated heterocycles. The minimum absolute atomic E-state index is 0.0363. The molecule has 1 aliphatic rings. The van der Waals surface area contributed by atoms with Crippen LogP contribution < -0.4 is 14.8 Å². The van der Waals surface area contributed by atoms with Gasteiger partial charge in [0.1, 0.15) is 22.9 Å². The van der Waals surface area contributed by atoms with Crippen molar-refractivity contribution in [3.63, 3.8) is 0 Å². The normalized spacial score (nSPS) is 15.2. The fraction of sp³-hybridized carbons (Fsp3) is 0.292. The summed E-state index contributed by atoms with van der Waals surface area (Å²) < 4.78 is 12.6. The maximum atomic E-state index is 13.7. The zero-order valence-electron chi connectivity index (χ0n) is 18.1. The molecule has 0 aliphatic carbocycles. The first-order valence-electron chi connectivity index (χ1n) is 10.2. The summed E-state index contributed by atoms with van der Waals surface area (Å²) in [5, 5.41) is 7.60. The number of Topliss-reactive ketones (excluding diaryl/α,β-unsaturated/α-hetero) is 1. The molecule has 0 radical (unpaired) electrons. The zero-order valence-corrected chi connectivity index (χ0v) is 18.1. The van der Waals surface area contributed by atoms with Crippen LogP contribution in [0.5, 0.6) is 11.5 Å². The number of hydrogen-bond acceptors (Lipinski definition) is 5. The van der Waals surface area contributed by atoms with Gasteiger partial charge in [-0.15, -0.1) is 0 Å². The van der Waals surface area contributed by atoms with E-state index < -0.39 is 5.92 Å². The number of ether oxygens (including phenoxy) is 2. The second kappa shape index (κ2) is 8.26. The highest BCUT2D eigenvalue weighted by atomic mass is 16.5. The fourth-order valence-electron chi connectivity index (χ4n) is 4.13. The molecule has 2 aromatic carbocycles. The first kappa shape index (κ1) is 20.7. The van der Waals surface area contributed by atoms with Crippen LogP contribution in [0.3, 0.4) is 0 Å². The maximum Gasteiger partial charge on any atom is 0.226 e. The number of hydrogen-bond donors (Lipinski definition) is 1. The van der Waals surface area contributed by atoms with Crippen LogP contribution in [0.1, 0.15) is 46.4 Å².